The van der Waals surface area contributed by atoms with Crippen molar-refractivity contribution in [3.8, 4) is 0 Å². The van der Waals surface area contributed by atoms with Gasteiger partial charge in [-0.1, -0.05) is 68.1 Å². The van der Waals surface area contributed by atoms with E-state index in [2.05, 4.69) is 25.8 Å². The van der Waals surface area contributed by atoms with Crippen molar-refractivity contribution in [3.63, 3.8) is 0 Å². The molecule has 2 aliphatic rings. The Labute approximate surface area is 216 Å². The lowest BCUT2D eigenvalue weighted by Crippen LogP contribution is -2.32. The molecular formula is C27H26N2O5S2. The molecule has 2 amide bonds. The molecule has 1 N–H and O–H groups in total. The molecule has 0 bridgehead atoms. The van der Waals surface area contributed by atoms with Crippen LogP contribution in [0.1, 0.15) is 60.0 Å². The van der Waals surface area contributed by atoms with E-state index in [0.29, 0.717) is 16.3 Å². The molecule has 2 aromatic carbocycles. The Morgan fingerprint density at radius 2 is 1.67 bits per heavy atom. The maximum atomic E-state index is 13.8. The molecule has 5 rings (SSSR count). The number of thioether (sulfide) groups is 1. The molecule has 3 unspecified atom stereocenters. The van der Waals surface area contributed by atoms with E-state index in [9.17, 15) is 19.2 Å². The molecule has 1 fully saturated rings. The van der Waals surface area contributed by atoms with Gasteiger partial charge >= 0.3 is 10.8 Å². The first kappa shape index (κ1) is 24.5. The SMILES string of the molecule is CCOC(=O)c1ccc(N2C(=O)C3Sc4[nH]c(=O)sc4C(c4ccc(C(C)(C)C)cc4)C3C2=O)cc1. The molecule has 186 valence electrons. The summed E-state index contributed by atoms with van der Waals surface area (Å²) in [4.78, 5) is 56.3. The number of esters is 1. The maximum absolute atomic E-state index is 13.8. The van der Waals surface area contributed by atoms with Crippen LogP contribution in [0.15, 0.2) is 58.4 Å². The summed E-state index contributed by atoms with van der Waals surface area (Å²) in [7, 11) is 0. The summed E-state index contributed by atoms with van der Waals surface area (Å²) < 4.78 is 5.02. The predicted octanol–water partition coefficient (Wildman–Crippen LogP) is 4.71. The molecule has 0 spiro atoms. The quantitative estimate of drug-likeness (QED) is 0.394. The van der Waals surface area contributed by atoms with Crippen LogP contribution < -0.4 is 9.77 Å². The Bertz CT molecular complexity index is 1400. The Morgan fingerprint density at radius 3 is 2.28 bits per heavy atom. The van der Waals surface area contributed by atoms with E-state index in [1.807, 2.05) is 24.3 Å². The number of hydrogen-bond donors (Lipinski definition) is 1. The minimum atomic E-state index is -0.660. The zero-order valence-electron chi connectivity index (χ0n) is 20.4. The van der Waals surface area contributed by atoms with Crippen molar-refractivity contribution in [1.82, 2.24) is 4.98 Å². The van der Waals surface area contributed by atoms with E-state index >= 15 is 0 Å². The third-order valence-electron chi connectivity index (χ3n) is 6.60. The number of ether oxygens (including phenoxy) is 1. The van der Waals surface area contributed by atoms with E-state index in [4.69, 9.17) is 4.74 Å². The van der Waals surface area contributed by atoms with Crippen LogP contribution in [0.3, 0.4) is 0 Å². The predicted molar refractivity (Wildman–Crippen MR) is 140 cm³/mol. The average Bonchev–Trinajstić information content (AvgIpc) is 3.33. The summed E-state index contributed by atoms with van der Waals surface area (Å²) in [6, 6.07) is 14.4. The van der Waals surface area contributed by atoms with Gasteiger partial charge < -0.3 is 9.72 Å². The number of carbonyl (C=O) groups excluding carboxylic acids is 3. The van der Waals surface area contributed by atoms with E-state index in [0.717, 1.165) is 27.3 Å². The summed E-state index contributed by atoms with van der Waals surface area (Å²) in [5, 5.41) is -0.0101. The zero-order valence-corrected chi connectivity index (χ0v) is 22.0. The number of nitrogens with zero attached hydrogens (tertiary/aromatic N) is 1. The van der Waals surface area contributed by atoms with Crippen molar-refractivity contribution >= 4 is 46.6 Å². The number of hydrogen-bond acceptors (Lipinski definition) is 7. The third-order valence-corrected chi connectivity index (χ3v) is 9.00. The van der Waals surface area contributed by atoms with Gasteiger partial charge in [-0.05, 0) is 47.7 Å². The summed E-state index contributed by atoms with van der Waals surface area (Å²) in [5.41, 5.74) is 2.79. The van der Waals surface area contributed by atoms with Gasteiger partial charge in [0.05, 0.1) is 28.8 Å². The highest BCUT2D eigenvalue weighted by Gasteiger charge is 2.56. The molecule has 3 aromatic rings. The number of thiazole rings is 1. The first-order valence-corrected chi connectivity index (χ1v) is 13.4. The molecule has 9 heteroatoms. The first-order valence-electron chi connectivity index (χ1n) is 11.7. The number of amides is 2. The van der Waals surface area contributed by atoms with Gasteiger partial charge in [0.2, 0.25) is 11.8 Å². The van der Waals surface area contributed by atoms with E-state index in [1.54, 1.807) is 31.2 Å². The van der Waals surface area contributed by atoms with Crippen molar-refractivity contribution in [2.75, 3.05) is 11.5 Å². The molecule has 1 saturated heterocycles. The summed E-state index contributed by atoms with van der Waals surface area (Å²) in [6.45, 7) is 8.39. The molecule has 7 nitrogen and oxygen atoms in total. The number of aromatic amines is 1. The highest BCUT2D eigenvalue weighted by atomic mass is 32.2. The van der Waals surface area contributed by atoms with Gasteiger partial charge in [-0.3, -0.25) is 14.4 Å². The Morgan fingerprint density at radius 1 is 1.00 bits per heavy atom. The average molecular weight is 523 g/mol. The van der Waals surface area contributed by atoms with Gasteiger partial charge in [0.25, 0.3) is 0 Å². The summed E-state index contributed by atoms with van der Waals surface area (Å²) >= 11 is 2.34. The van der Waals surface area contributed by atoms with E-state index < -0.39 is 23.1 Å². The van der Waals surface area contributed by atoms with Crippen molar-refractivity contribution in [1.29, 1.82) is 0 Å². The third kappa shape index (κ3) is 4.10. The molecular weight excluding hydrogens is 496 g/mol. The van der Waals surface area contributed by atoms with Crippen LogP contribution in [0.5, 0.6) is 0 Å². The van der Waals surface area contributed by atoms with Crippen molar-refractivity contribution in [2.24, 2.45) is 5.92 Å². The number of imide groups is 1. The lowest BCUT2D eigenvalue weighted by molar-refractivity contribution is -0.122. The van der Waals surface area contributed by atoms with E-state index in [1.165, 1.54) is 16.7 Å². The second-order valence-electron chi connectivity index (χ2n) is 9.90. The first-order chi connectivity index (χ1) is 17.1. The number of anilines is 1. The second kappa shape index (κ2) is 9.05. The van der Waals surface area contributed by atoms with Crippen LogP contribution in [0.2, 0.25) is 0 Å². The second-order valence-corrected chi connectivity index (χ2v) is 12.1. The monoisotopic (exact) mass is 522 g/mol. The number of nitrogens with one attached hydrogen (secondary N) is 1. The number of carbonyl (C=O) groups is 3. The van der Waals surface area contributed by atoms with Crippen molar-refractivity contribution < 1.29 is 19.1 Å². The van der Waals surface area contributed by atoms with Crippen LogP contribution in [0.4, 0.5) is 5.69 Å². The van der Waals surface area contributed by atoms with Crippen LogP contribution in [0.25, 0.3) is 0 Å². The Kier molecular flexibility index (Phi) is 6.16. The highest BCUT2D eigenvalue weighted by Crippen LogP contribution is 2.53. The number of rotatable bonds is 4. The fourth-order valence-electron chi connectivity index (χ4n) is 4.78. The maximum Gasteiger partial charge on any atom is 0.338 e. The van der Waals surface area contributed by atoms with Gasteiger partial charge in [-0.15, -0.1) is 0 Å². The smallest absolute Gasteiger partial charge is 0.338 e. The Balaban J connectivity index is 1.54. The minimum absolute atomic E-state index is 0.0286. The van der Waals surface area contributed by atoms with Crippen LogP contribution >= 0.6 is 23.1 Å². The minimum Gasteiger partial charge on any atom is -0.462 e. The fourth-order valence-corrected chi connectivity index (χ4v) is 7.30. The fraction of sp³-hybridized carbons (Fsp3) is 0.333. The standard InChI is InChI=1S/C27H26N2O5S2/c1-5-34-25(32)15-8-12-17(13-9-15)29-23(30)19-18(14-6-10-16(11-7-14)27(2,3)4)20-22(28-26(33)36-20)35-21(19)24(29)31/h6-13,18-19,21H,5H2,1-4H3,(H,28,33). The number of H-pyrrole nitrogens is 1. The normalized spacial score (nSPS) is 21.3. The lowest BCUT2D eigenvalue weighted by Gasteiger charge is -2.30. The van der Waals surface area contributed by atoms with Crippen LogP contribution in [0, 0.1) is 5.92 Å². The molecule has 0 saturated carbocycles. The van der Waals surface area contributed by atoms with Crippen molar-refractivity contribution in [3.05, 3.63) is 79.8 Å². The number of fused-ring (bicyclic) bond motifs is 2. The van der Waals surface area contributed by atoms with Gasteiger partial charge in [-0.2, -0.15) is 0 Å². The van der Waals surface area contributed by atoms with Gasteiger partial charge in [0, 0.05) is 10.8 Å². The highest BCUT2D eigenvalue weighted by molar-refractivity contribution is 8.00. The van der Waals surface area contributed by atoms with E-state index in [-0.39, 0.29) is 28.7 Å². The van der Waals surface area contributed by atoms with Gasteiger partial charge in [-0.25, -0.2) is 9.69 Å². The Hall–Kier alpha value is -3.17. The molecule has 0 aliphatic carbocycles. The van der Waals surface area contributed by atoms with Crippen LogP contribution in [-0.4, -0.2) is 34.6 Å². The molecule has 0 radical (unpaired) electrons. The van der Waals surface area contributed by atoms with Gasteiger partial charge in [0.15, 0.2) is 0 Å². The summed E-state index contributed by atoms with van der Waals surface area (Å²) in [5.74, 6) is -2.15. The van der Waals surface area contributed by atoms with Gasteiger partial charge in [0.1, 0.15) is 5.25 Å². The van der Waals surface area contributed by atoms with Crippen LogP contribution in [-0.2, 0) is 19.7 Å². The summed E-state index contributed by atoms with van der Waals surface area (Å²) in [6.07, 6.45) is 0. The van der Waals surface area contributed by atoms with Crippen molar-refractivity contribution in [2.45, 2.75) is 49.3 Å². The largest absolute Gasteiger partial charge is 0.462 e. The zero-order chi connectivity index (χ0) is 25.8. The molecule has 36 heavy (non-hydrogen) atoms. The molecule has 1 aromatic heterocycles. The molecule has 2 aliphatic heterocycles. The number of benzene rings is 2. The molecule has 3 heterocycles. The molecule has 3 atom stereocenters. The topological polar surface area (TPSA) is 96.5 Å². The lowest BCUT2D eigenvalue weighted by atomic mass is 9.81. The number of aromatic nitrogens is 1.